The number of rotatable bonds is 1. The molecule has 0 aliphatic rings. The van der Waals surface area contributed by atoms with E-state index in [-0.39, 0.29) is 9.90 Å². The van der Waals surface area contributed by atoms with Crippen LogP contribution in [0.25, 0.3) is 0 Å². The van der Waals surface area contributed by atoms with Crippen molar-refractivity contribution in [3.05, 3.63) is 0 Å². The molecule has 0 aliphatic heterocycles. The van der Waals surface area contributed by atoms with Crippen LogP contribution in [0.2, 0.25) is 0 Å². The molecule has 34 valence electrons. The van der Waals surface area contributed by atoms with E-state index in [0.717, 1.165) is 0 Å². The highest BCUT2D eigenvalue weighted by Crippen LogP contribution is 1.76. The summed E-state index contributed by atoms with van der Waals surface area (Å²) >= 11 is 0. The van der Waals surface area contributed by atoms with E-state index in [1.54, 1.807) is 0 Å². The molecule has 0 heterocycles. The molecule has 0 N–H and O–H groups in total. The molecular weight excluding hydrogens is 79.0 g/mol. The van der Waals surface area contributed by atoms with Gasteiger partial charge in [-0.2, -0.15) is 9.90 Å². The smallest absolute Gasteiger partial charge is 0.0564 e. The Bertz CT molecular complexity index is 5.61. The van der Waals surface area contributed by atoms with Crippen LogP contribution in [-0.2, 0) is 0 Å². The molecular formula is C4H13P. The standard InChI is InChI=1S/C4H10.H3P/c1-3-4-2;/h3-4H2,1-2H3;1H3. The summed E-state index contributed by atoms with van der Waals surface area (Å²) in [5.41, 5.74) is 0. The van der Waals surface area contributed by atoms with E-state index in [9.17, 15) is 0 Å². The zero-order valence-electron chi connectivity index (χ0n) is 4.12. The van der Waals surface area contributed by atoms with Crippen LogP contribution in [0.15, 0.2) is 0 Å². The molecule has 1 atom stereocenters. The van der Waals surface area contributed by atoms with E-state index in [4.69, 9.17) is 0 Å². The molecule has 0 bridgehead atoms. The number of hydrogen-bond donors (Lipinski definition) is 0. The second-order valence-corrected chi connectivity index (χ2v) is 1.000. The first kappa shape index (κ1) is 9.06. The van der Waals surface area contributed by atoms with E-state index in [0.29, 0.717) is 0 Å². The largest absolute Gasteiger partial charge is 0.153 e. The molecule has 0 spiro atoms. The fraction of sp³-hybridized carbons (Fsp3) is 1.00. The normalized spacial score (nSPS) is 6.00. The third-order valence-electron chi connectivity index (χ3n) is 0.500. The summed E-state index contributed by atoms with van der Waals surface area (Å²) in [6.07, 6.45) is 2.64. The van der Waals surface area contributed by atoms with Gasteiger partial charge < -0.3 is 0 Å². The van der Waals surface area contributed by atoms with Gasteiger partial charge in [0, 0.05) is 0 Å². The second-order valence-electron chi connectivity index (χ2n) is 1.000. The molecule has 0 saturated carbocycles. The van der Waals surface area contributed by atoms with Crippen LogP contribution < -0.4 is 0 Å². The molecule has 0 fully saturated rings. The Morgan fingerprint density at radius 2 is 1.20 bits per heavy atom. The van der Waals surface area contributed by atoms with Crippen LogP contribution in [0.1, 0.15) is 26.7 Å². The van der Waals surface area contributed by atoms with Gasteiger partial charge in [0.1, 0.15) is 0 Å². The van der Waals surface area contributed by atoms with Crippen molar-refractivity contribution in [2.45, 2.75) is 26.7 Å². The van der Waals surface area contributed by atoms with E-state index in [1.165, 1.54) is 12.8 Å². The minimum absolute atomic E-state index is 0. The highest BCUT2D eigenvalue weighted by Gasteiger charge is 1.56. The van der Waals surface area contributed by atoms with Crippen LogP contribution in [-0.4, -0.2) is 0 Å². The van der Waals surface area contributed by atoms with Crippen LogP contribution >= 0.6 is 9.90 Å². The Hall–Kier alpha value is 0.430. The fourth-order valence-corrected chi connectivity index (χ4v) is 0. The van der Waals surface area contributed by atoms with Crippen molar-refractivity contribution in [3.8, 4) is 0 Å². The van der Waals surface area contributed by atoms with Crippen LogP contribution in [0.4, 0.5) is 0 Å². The Balaban J connectivity index is 0. The minimum atomic E-state index is 0. The zero-order valence-corrected chi connectivity index (χ0v) is 5.54. The van der Waals surface area contributed by atoms with Gasteiger partial charge in [0.25, 0.3) is 0 Å². The SMILES string of the molecule is CCCC.P. The second kappa shape index (κ2) is 8.83. The van der Waals surface area contributed by atoms with Gasteiger partial charge in [0.2, 0.25) is 0 Å². The fourth-order valence-electron chi connectivity index (χ4n) is 0. The van der Waals surface area contributed by atoms with Gasteiger partial charge in [-0.05, 0) is 0 Å². The molecule has 0 aromatic rings. The third-order valence-corrected chi connectivity index (χ3v) is 0.500. The van der Waals surface area contributed by atoms with Crippen LogP contribution in [0.3, 0.4) is 0 Å². The Morgan fingerprint density at radius 1 is 1.00 bits per heavy atom. The summed E-state index contributed by atoms with van der Waals surface area (Å²) in [5.74, 6) is 0. The lowest BCUT2D eigenvalue weighted by Gasteiger charge is -1.68. The summed E-state index contributed by atoms with van der Waals surface area (Å²) in [6, 6.07) is 0. The first-order valence-electron chi connectivity index (χ1n) is 1.91. The quantitative estimate of drug-likeness (QED) is 0.433. The Labute approximate surface area is 37.6 Å². The molecule has 0 rings (SSSR count). The average molecular weight is 92.1 g/mol. The lowest BCUT2D eigenvalue weighted by atomic mass is 10.4. The van der Waals surface area contributed by atoms with Gasteiger partial charge in [0.15, 0.2) is 0 Å². The van der Waals surface area contributed by atoms with Crippen molar-refractivity contribution in [3.63, 3.8) is 0 Å². The van der Waals surface area contributed by atoms with Crippen molar-refractivity contribution in [1.29, 1.82) is 0 Å². The third kappa shape index (κ3) is 12.8. The molecule has 0 amide bonds. The molecule has 0 nitrogen and oxygen atoms in total. The van der Waals surface area contributed by atoms with Gasteiger partial charge in [-0.25, -0.2) is 0 Å². The number of hydrogen-bond acceptors (Lipinski definition) is 0. The van der Waals surface area contributed by atoms with Crippen LogP contribution in [0, 0.1) is 0 Å². The summed E-state index contributed by atoms with van der Waals surface area (Å²) in [5, 5.41) is 0. The Kier molecular flexibility index (Phi) is 16.0. The predicted octanol–water partition coefficient (Wildman–Crippen LogP) is 1.86. The molecule has 1 heteroatoms. The lowest BCUT2D eigenvalue weighted by molar-refractivity contribution is 0.886. The van der Waals surface area contributed by atoms with Crippen molar-refractivity contribution in [1.82, 2.24) is 0 Å². The highest BCUT2D eigenvalue weighted by molar-refractivity contribution is 6.92. The maximum atomic E-state index is 2.18. The molecule has 0 aliphatic carbocycles. The van der Waals surface area contributed by atoms with Crippen molar-refractivity contribution < 1.29 is 0 Å². The molecule has 0 saturated heterocycles. The first-order valence-corrected chi connectivity index (χ1v) is 1.91. The Morgan fingerprint density at radius 3 is 1.20 bits per heavy atom. The van der Waals surface area contributed by atoms with Crippen molar-refractivity contribution in [2.75, 3.05) is 0 Å². The summed E-state index contributed by atoms with van der Waals surface area (Å²) in [7, 11) is 0. The summed E-state index contributed by atoms with van der Waals surface area (Å²) in [4.78, 5) is 0. The summed E-state index contributed by atoms with van der Waals surface area (Å²) in [6.45, 7) is 4.36. The lowest BCUT2D eigenvalue weighted by Crippen LogP contribution is -1.47. The molecule has 1 unspecified atom stereocenters. The van der Waals surface area contributed by atoms with E-state index >= 15 is 0 Å². The van der Waals surface area contributed by atoms with E-state index in [1.807, 2.05) is 0 Å². The van der Waals surface area contributed by atoms with Crippen molar-refractivity contribution in [2.24, 2.45) is 0 Å². The first-order chi connectivity index (χ1) is 1.91. The van der Waals surface area contributed by atoms with Gasteiger partial charge in [-0.15, -0.1) is 0 Å². The molecule has 0 aromatic heterocycles. The predicted molar refractivity (Wildman–Crippen MR) is 31.7 cm³/mol. The maximum absolute atomic E-state index is 2.18. The topological polar surface area (TPSA) is 0 Å². The monoisotopic (exact) mass is 92.1 g/mol. The molecule has 5 heavy (non-hydrogen) atoms. The highest BCUT2D eigenvalue weighted by atomic mass is 31.0. The maximum Gasteiger partial charge on any atom is -0.0564 e. The van der Waals surface area contributed by atoms with Gasteiger partial charge >= 0.3 is 0 Å². The zero-order chi connectivity index (χ0) is 3.41. The van der Waals surface area contributed by atoms with Crippen LogP contribution in [0.5, 0.6) is 0 Å². The number of unbranched alkanes of at least 4 members (excludes halogenated alkanes) is 1. The van der Waals surface area contributed by atoms with Crippen molar-refractivity contribution >= 4 is 9.90 Å². The average Bonchev–Trinajstić information content (AvgIpc) is 1.37. The van der Waals surface area contributed by atoms with E-state index in [2.05, 4.69) is 13.8 Å². The van der Waals surface area contributed by atoms with Gasteiger partial charge in [-0.3, -0.25) is 0 Å². The van der Waals surface area contributed by atoms with E-state index < -0.39 is 0 Å². The molecule has 0 radical (unpaired) electrons. The minimum Gasteiger partial charge on any atom is -0.153 e. The van der Waals surface area contributed by atoms with Gasteiger partial charge in [0.05, 0.1) is 0 Å². The van der Waals surface area contributed by atoms with Gasteiger partial charge in [-0.1, -0.05) is 26.7 Å². The summed E-state index contributed by atoms with van der Waals surface area (Å²) < 4.78 is 0. The molecule has 0 aromatic carbocycles.